The van der Waals surface area contributed by atoms with E-state index >= 15 is 0 Å². The number of carbonyl (C=O) groups is 3. The van der Waals surface area contributed by atoms with E-state index in [0.717, 1.165) is 4.90 Å². The van der Waals surface area contributed by atoms with Crippen molar-refractivity contribution in [1.29, 1.82) is 0 Å². The fraction of sp³-hybridized carbons (Fsp3) is 0.571. The van der Waals surface area contributed by atoms with Crippen LogP contribution in [0, 0.1) is 0 Å². The van der Waals surface area contributed by atoms with Crippen molar-refractivity contribution in [3.05, 3.63) is 0 Å². The van der Waals surface area contributed by atoms with Crippen LogP contribution < -0.4 is 11.1 Å². The van der Waals surface area contributed by atoms with Crippen LogP contribution in [0.3, 0.4) is 0 Å². The van der Waals surface area contributed by atoms with E-state index in [1.807, 2.05) is 5.32 Å². The molecule has 1 fully saturated rings. The third-order valence-corrected chi connectivity index (χ3v) is 1.99. The first-order valence-corrected chi connectivity index (χ1v) is 4.00. The van der Waals surface area contributed by atoms with Crippen molar-refractivity contribution in [2.24, 2.45) is 5.73 Å². The molecule has 1 aliphatic heterocycles. The minimum atomic E-state index is -1.99. The van der Waals surface area contributed by atoms with Crippen molar-refractivity contribution < 1.29 is 19.1 Å². The molecule has 78 valence electrons. The molecule has 0 bridgehead atoms. The van der Waals surface area contributed by atoms with Crippen molar-refractivity contribution in [2.45, 2.75) is 12.6 Å². The Morgan fingerprint density at radius 2 is 2.21 bits per heavy atom. The number of carbonyl (C=O) groups excluding carboxylic acids is 3. The van der Waals surface area contributed by atoms with E-state index < -0.39 is 23.6 Å². The third kappa shape index (κ3) is 1.13. The molecule has 4 amide bonds. The predicted molar refractivity (Wildman–Crippen MR) is 44.9 cm³/mol. The number of nitrogens with two attached hydrogens (primary N) is 1. The number of hydrogen-bond donors (Lipinski definition) is 2. The van der Waals surface area contributed by atoms with Crippen molar-refractivity contribution in [3.8, 4) is 0 Å². The van der Waals surface area contributed by atoms with Gasteiger partial charge in [0.15, 0.2) is 0 Å². The fourth-order valence-electron chi connectivity index (χ4n) is 1.28. The van der Waals surface area contributed by atoms with Gasteiger partial charge in [-0.2, -0.15) is 0 Å². The van der Waals surface area contributed by atoms with Crippen LogP contribution in [0.25, 0.3) is 0 Å². The van der Waals surface area contributed by atoms with Crippen molar-refractivity contribution in [1.82, 2.24) is 10.2 Å². The summed E-state index contributed by atoms with van der Waals surface area (Å²) in [6.07, 6.45) is 0. The van der Waals surface area contributed by atoms with E-state index in [4.69, 9.17) is 10.5 Å². The lowest BCUT2D eigenvalue weighted by Crippen LogP contribution is -2.59. The van der Waals surface area contributed by atoms with Crippen LogP contribution in [0.15, 0.2) is 0 Å². The van der Waals surface area contributed by atoms with Crippen LogP contribution in [0.4, 0.5) is 4.79 Å². The lowest BCUT2D eigenvalue weighted by atomic mass is 10.2. The van der Waals surface area contributed by atoms with E-state index in [1.165, 1.54) is 7.05 Å². The average Bonchev–Trinajstić information content (AvgIpc) is 2.30. The Balaban J connectivity index is 3.14. The first-order chi connectivity index (χ1) is 6.46. The molecule has 7 nitrogen and oxygen atoms in total. The topological polar surface area (TPSA) is 102 Å². The van der Waals surface area contributed by atoms with Gasteiger partial charge in [-0.25, -0.2) is 4.79 Å². The number of ether oxygens (including phenoxy) is 1. The Morgan fingerprint density at radius 1 is 1.64 bits per heavy atom. The van der Waals surface area contributed by atoms with Gasteiger partial charge in [0.1, 0.15) is 0 Å². The SMILES string of the molecule is CCOC1(C(N)=O)C(=O)NC(=O)N1C. The number of imide groups is 1. The lowest BCUT2D eigenvalue weighted by molar-refractivity contribution is -0.169. The average molecular weight is 201 g/mol. The number of rotatable bonds is 3. The molecule has 1 atom stereocenters. The summed E-state index contributed by atoms with van der Waals surface area (Å²) in [6.45, 7) is 1.68. The van der Waals surface area contributed by atoms with Crippen LogP contribution in [-0.4, -0.2) is 42.1 Å². The highest BCUT2D eigenvalue weighted by Gasteiger charge is 2.57. The van der Waals surface area contributed by atoms with Crippen LogP contribution in [0.1, 0.15) is 6.92 Å². The Morgan fingerprint density at radius 3 is 2.50 bits per heavy atom. The Hall–Kier alpha value is -1.63. The van der Waals surface area contributed by atoms with Crippen LogP contribution in [0.2, 0.25) is 0 Å². The summed E-state index contributed by atoms with van der Waals surface area (Å²) >= 11 is 0. The van der Waals surface area contributed by atoms with E-state index in [9.17, 15) is 14.4 Å². The van der Waals surface area contributed by atoms with Crippen molar-refractivity contribution >= 4 is 17.8 Å². The van der Waals surface area contributed by atoms with Gasteiger partial charge in [0.2, 0.25) is 0 Å². The number of hydrogen-bond acceptors (Lipinski definition) is 4. The van der Waals surface area contributed by atoms with Gasteiger partial charge in [0, 0.05) is 13.7 Å². The first-order valence-electron chi connectivity index (χ1n) is 4.00. The summed E-state index contributed by atoms with van der Waals surface area (Å²) < 4.78 is 4.97. The third-order valence-electron chi connectivity index (χ3n) is 1.99. The van der Waals surface area contributed by atoms with Gasteiger partial charge in [-0.1, -0.05) is 0 Å². The maximum absolute atomic E-state index is 11.3. The molecule has 3 N–H and O–H groups in total. The smallest absolute Gasteiger partial charge is 0.327 e. The summed E-state index contributed by atoms with van der Waals surface area (Å²) in [5.74, 6) is -1.86. The van der Waals surface area contributed by atoms with Crippen molar-refractivity contribution in [2.75, 3.05) is 13.7 Å². The summed E-state index contributed by atoms with van der Waals surface area (Å²) in [6, 6.07) is -0.706. The molecule has 1 saturated heterocycles. The molecule has 0 radical (unpaired) electrons. The molecular formula is C7H11N3O4. The normalized spacial score (nSPS) is 26.6. The largest absolute Gasteiger partial charge is 0.365 e. The Bertz CT molecular complexity index is 303. The molecule has 1 aliphatic rings. The molecule has 1 heterocycles. The van der Waals surface area contributed by atoms with E-state index in [-0.39, 0.29) is 6.61 Å². The van der Waals surface area contributed by atoms with Crippen LogP contribution in [0.5, 0.6) is 0 Å². The number of nitrogens with zero attached hydrogens (tertiary/aromatic N) is 1. The predicted octanol–water partition coefficient (Wildman–Crippen LogP) is -1.61. The molecular weight excluding hydrogens is 190 g/mol. The van der Waals surface area contributed by atoms with Crippen molar-refractivity contribution in [3.63, 3.8) is 0 Å². The Labute approximate surface area is 80.2 Å². The quantitative estimate of drug-likeness (QED) is 0.423. The number of nitrogens with one attached hydrogen (secondary N) is 1. The molecule has 0 aromatic carbocycles. The maximum atomic E-state index is 11.3. The van der Waals surface area contributed by atoms with Gasteiger partial charge in [0.05, 0.1) is 0 Å². The second-order valence-corrected chi connectivity index (χ2v) is 2.76. The van der Waals surface area contributed by atoms with Crippen LogP contribution >= 0.6 is 0 Å². The van der Waals surface area contributed by atoms with E-state index in [2.05, 4.69) is 0 Å². The highest BCUT2D eigenvalue weighted by molar-refractivity contribution is 6.18. The van der Waals surface area contributed by atoms with Gasteiger partial charge in [-0.3, -0.25) is 19.8 Å². The molecule has 0 aromatic rings. The molecule has 0 aliphatic carbocycles. The first kappa shape index (κ1) is 10.5. The highest BCUT2D eigenvalue weighted by Crippen LogP contribution is 2.21. The minimum absolute atomic E-state index is 0.0913. The molecule has 0 aromatic heterocycles. The van der Waals surface area contributed by atoms with E-state index in [1.54, 1.807) is 6.92 Å². The second kappa shape index (κ2) is 3.26. The monoisotopic (exact) mass is 201 g/mol. The van der Waals surface area contributed by atoms with Gasteiger partial charge in [-0.05, 0) is 6.92 Å². The van der Waals surface area contributed by atoms with Gasteiger partial charge in [-0.15, -0.1) is 0 Å². The van der Waals surface area contributed by atoms with Gasteiger partial charge in [0.25, 0.3) is 11.8 Å². The zero-order valence-electron chi connectivity index (χ0n) is 7.86. The van der Waals surface area contributed by atoms with Gasteiger partial charge < -0.3 is 10.5 Å². The molecule has 1 unspecified atom stereocenters. The van der Waals surface area contributed by atoms with E-state index in [0.29, 0.717) is 0 Å². The molecule has 7 heteroatoms. The molecule has 0 saturated carbocycles. The summed E-state index contributed by atoms with van der Waals surface area (Å²) in [5.41, 5.74) is 3.05. The molecule has 14 heavy (non-hydrogen) atoms. The second-order valence-electron chi connectivity index (χ2n) is 2.76. The van der Waals surface area contributed by atoms with Gasteiger partial charge >= 0.3 is 11.8 Å². The summed E-state index contributed by atoms with van der Waals surface area (Å²) in [7, 11) is 1.26. The number of primary amides is 1. The number of likely N-dealkylation sites (N-methyl/N-ethyl adjacent to an activating group) is 1. The highest BCUT2D eigenvalue weighted by atomic mass is 16.5. The molecule has 0 spiro atoms. The zero-order chi connectivity index (χ0) is 10.9. The summed E-state index contributed by atoms with van der Waals surface area (Å²) in [5, 5.41) is 1.95. The summed E-state index contributed by atoms with van der Waals surface area (Å²) in [4.78, 5) is 34.4. The minimum Gasteiger partial charge on any atom is -0.365 e. The molecule has 1 rings (SSSR count). The Kier molecular flexibility index (Phi) is 2.43. The number of amides is 4. The zero-order valence-corrected chi connectivity index (χ0v) is 7.86. The number of urea groups is 1. The lowest BCUT2D eigenvalue weighted by Gasteiger charge is -2.28. The fourth-order valence-corrected chi connectivity index (χ4v) is 1.28. The van der Waals surface area contributed by atoms with Crippen LogP contribution in [-0.2, 0) is 14.3 Å². The maximum Gasteiger partial charge on any atom is 0.327 e. The standard InChI is InChI=1S/C7H11N3O4/c1-3-14-7(4(8)11)5(12)9-6(13)10(7)2/h3H2,1-2H3,(H2,8,11)(H,9,12,13).